The molecule has 132 valence electrons. The Balaban J connectivity index is 1.70. The van der Waals surface area contributed by atoms with Crippen molar-refractivity contribution in [2.24, 2.45) is 0 Å². The SMILES string of the molecule is Cc1cc(C(=O)OC(C)C(=O)N(C)c2ccccc2)c(C)n1C1CC1. The molecule has 0 saturated heterocycles. The molecular formula is C20H24N2O3. The quantitative estimate of drug-likeness (QED) is 0.781. The molecule has 0 radical (unpaired) electrons. The predicted molar refractivity (Wildman–Crippen MR) is 96.9 cm³/mol. The highest BCUT2D eigenvalue weighted by Crippen LogP contribution is 2.38. The Morgan fingerprint density at radius 2 is 1.84 bits per heavy atom. The lowest BCUT2D eigenvalue weighted by Crippen LogP contribution is -2.37. The molecule has 1 heterocycles. The summed E-state index contributed by atoms with van der Waals surface area (Å²) in [6, 6.07) is 11.7. The zero-order chi connectivity index (χ0) is 18.1. The van der Waals surface area contributed by atoms with Crippen molar-refractivity contribution in [1.29, 1.82) is 0 Å². The summed E-state index contributed by atoms with van der Waals surface area (Å²) in [4.78, 5) is 26.6. The second-order valence-electron chi connectivity index (χ2n) is 6.67. The van der Waals surface area contributed by atoms with Gasteiger partial charge in [-0.1, -0.05) is 18.2 Å². The summed E-state index contributed by atoms with van der Waals surface area (Å²) in [5, 5.41) is 0. The van der Waals surface area contributed by atoms with Gasteiger partial charge in [0.25, 0.3) is 5.91 Å². The van der Waals surface area contributed by atoms with E-state index in [0.717, 1.165) is 29.9 Å². The van der Waals surface area contributed by atoms with Crippen LogP contribution < -0.4 is 4.90 Å². The smallest absolute Gasteiger partial charge is 0.340 e. The van der Waals surface area contributed by atoms with Crippen LogP contribution in [0.3, 0.4) is 0 Å². The molecule has 0 N–H and O–H groups in total. The largest absolute Gasteiger partial charge is 0.449 e. The van der Waals surface area contributed by atoms with Crippen LogP contribution >= 0.6 is 0 Å². The van der Waals surface area contributed by atoms with Crippen LogP contribution in [0.25, 0.3) is 0 Å². The highest BCUT2D eigenvalue weighted by atomic mass is 16.5. The molecule has 1 aromatic carbocycles. The van der Waals surface area contributed by atoms with Gasteiger partial charge in [0, 0.05) is 30.2 Å². The summed E-state index contributed by atoms with van der Waals surface area (Å²) < 4.78 is 7.64. The topological polar surface area (TPSA) is 51.5 Å². The zero-order valence-corrected chi connectivity index (χ0v) is 15.2. The predicted octanol–water partition coefficient (Wildman–Crippen LogP) is 3.65. The molecule has 25 heavy (non-hydrogen) atoms. The Labute approximate surface area is 148 Å². The Bertz CT molecular complexity index is 791. The van der Waals surface area contributed by atoms with E-state index in [9.17, 15) is 9.59 Å². The second kappa shape index (κ2) is 6.75. The summed E-state index contributed by atoms with van der Waals surface area (Å²) in [5.74, 6) is -0.696. The van der Waals surface area contributed by atoms with E-state index in [2.05, 4.69) is 4.57 Å². The number of likely N-dealkylation sites (N-methyl/N-ethyl adjacent to an activating group) is 1. The van der Waals surface area contributed by atoms with E-state index in [1.54, 1.807) is 14.0 Å². The molecule has 0 spiro atoms. The standard InChI is InChI=1S/C20H24N2O3/c1-13-12-18(14(2)22(13)17-10-11-17)20(24)25-15(3)19(23)21(4)16-8-6-5-7-9-16/h5-9,12,15,17H,10-11H2,1-4H3. The van der Waals surface area contributed by atoms with Crippen LogP contribution in [0.1, 0.15) is 47.6 Å². The van der Waals surface area contributed by atoms with Gasteiger partial charge in [-0.05, 0) is 51.8 Å². The van der Waals surface area contributed by atoms with Gasteiger partial charge in [-0.3, -0.25) is 4.79 Å². The van der Waals surface area contributed by atoms with Crippen molar-refractivity contribution in [3.05, 3.63) is 53.3 Å². The molecule has 1 amide bonds. The summed E-state index contributed by atoms with van der Waals surface area (Å²) in [5.41, 5.74) is 3.29. The molecule has 1 aliphatic carbocycles. The molecule has 1 atom stereocenters. The lowest BCUT2D eigenvalue weighted by molar-refractivity contribution is -0.126. The third kappa shape index (κ3) is 3.45. The number of esters is 1. The van der Waals surface area contributed by atoms with Crippen LogP contribution in [0, 0.1) is 13.8 Å². The maximum atomic E-state index is 12.5. The minimum Gasteiger partial charge on any atom is -0.449 e. The molecular weight excluding hydrogens is 316 g/mol. The Morgan fingerprint density at radius 3 is 2.44 bits per heavy atom. The number of ether oxygens (including phenoxy) is 1. The summed E-state index contributed by atoms with van der Waals surface area (Å²) in [6.07, 6.45) is 1.46. The van der Waals surface area contributed by atoms with Crippen LogP contribution in [0.2, 0.25) is 0 Å². The van der Waals surface area contributed by atoms with Crippen molar-refractivity contribution in [3.63, 3.8) is 0 Å². The number of hydrogen-bond donors (Lipinski definition) is 0. The number of nitrogens with zero attached hydrogens (tertiary/aromatic N) is 2. The van der Waals surface area contributed by atoms with E-state index in [-0.39, 0.29) is 5.91 Å². The first-order chi connectivity index (χ1) is 11.9. The molecule has 1 aliphatic rings. The number of carbonyl (C=O) groups excluding carboxylic acids is 2. The maximum absolute atomic E-state index is 12.5. The van der Waals surface area contributed by atoms with Gasteiger partial charge in [0.05, 0.1) is 5.56 Å². The number of aryl methyl sites for hydroxylation is 1. The number of aromatic nitrogens is 1. The first kappa shape index (κ1) is 17.3. The zero-order valence-electron chi connectivity index (χ0n) is 15.2. The van der Waals surface area contributed by atoms with Gasteiger partial charge in [-0.25, -0.2) is 4.79 Å². The monoisotopic (exact) mass is 340 g/mol. The number of carbonyl (C=O) groups is 2. The fraction of sp³-hybridized carbons (Fsp3) is 0.400. The molecule has 0 bridgehead atoms. The number of para-hydroxylation sites is 1. The van der Waals surface area contributed by atoms with E-state index < -0.39 is 12.1 Å². The average Bonchev–Trinajstić information content (AvgIpc) is 3.39. The average molecular weight is 340 g/mol. The molecule has 0 aliphatic heterocycles. The third-order valence-electron chi connectivity index (χ3n) is 4.72. The van der Waals surface area contributed by atoms with Gasteiger partial charge in [-0.2, -0.15) is 0 Å². The van der Waals surface area contributed by atoms with E-state index in [0.29, 0.717) is 11.6 Å². The minimum atomic E-state index is -0.846. The van der Waals surface area contributed by atoms with Gasteiger partial charge in [0.2, 0.25) is 0 Å². The first-order valence-corrected chi connectivity index (χ1v) is 8.62. The van der Waals surface area contributed by atoms with Crippen molar-refractivity contribution in [3.8, 4) is 0 Å². The van der Waals surface area contributed by atoms with Crippen LogP contribution in [-0.4, -0.2) is 29.6 Å². The molecule has 1 unspecified atom stereocenters. The van der Waals surface area contributed by atoms with Gasteiger partial charge in [-0.15, -0.1) is 0 Å². The van der Waals surface area contributed by atoms with Crippen molar-refractivity contribution in [2.75, 3.05) is 11.9 Å². The number of anilines is 1. The van der Waals surface area contributed by atoms with Gasteiger partial charge >= 0.3 is 5.97 Å². The Morgan fingerprint density at radius 1 is 1.20 bits per heavy atom. The summed E-state index contributed by atoms with van der Waals surface area (Å²) in [7, 11) is 1.68. The fourth-order valence-corrected chi connectivity index (χ4v) is 3.20. The Kier molecular flexibility index (Phi) is 4.66. The van der Waals surface area contributed by atoms with Gasteiger partial charge in [0.1, 0.15) is 0 Å². The number of benzene rings is 1. The molecule has 1 saturated carbocycles. The number of amides is 1. The maximum Gasteiger partial charge on any atom is 0.340 e. The first-order valence-electron chi connectivity index (χ1n) is 8.62. The van der Waals surface area contributed by atoms with Crippen LogP contribution in [0.4, 0.5) is 5.69 Å². The van der Waals surface area contributed by atoms with Gasteiger partial charge in [0.15, 0.2) is 6.10 Å². The molecule has 5 nitrogen and oxygen atoms in total. The molecule has 1 aromatic heterocycles. The molecule has 2 aromatic rings. The molecule has 3 rings (SSSR count). The van der Waals surface area contributed by atoms with E-state index in [1.807, 2.05) is 50.2 Å². The molecule has 5 heteroatoms. The number of hydrogen-bond acceptors (Lipinski definition) is 3. The van der Waals surface area contributed by atoms with E-state index in [4.69, 9.17) is 4.74 Å². The van der Waals surface area contributed by atoms with Gasteiger partial charge < -0.3 is 14.2 Å². The van der Waals surface area contributed by atoms with Crippen molar-refractivity contribution >= 4 is 17.6 Å². The van der Waals surface area contributed by atoms with Crippen molar-refractivity contribution in [1.82, 2.24) is 4.57 Å². The lowest BCUT2D eigenvalue weighted by Gasteiger charge is -2.21. The normalized spacial score (nSPS) is 14.9. The van der Waals surface area contributed by atoms with Crippen LogP contribution in [0.5, 0.6) is 0 Å². The van der Waals surface area contributed by atoms with E-state index >= 15 is 0 Å². The highest BCUT2D eigenvalue weighted by Gasteiger charge is 2.30. The lowest BCUT2D eigenvalue weighted by atomic mass is 10.2. The summed E-state index contributed by atoms with van der Waals surface area (Å²) in [6.45, 7) is 5.55. The van der Waals surface area contributed by atoms with E-state index in [1.165, 1.54) is 4.90 Å². The number of rotatable bonds is 5. The minimum absolute atomic E-state index is 0.254. The summed E-state index contributed by atoms with van der Waals surface area (Å²) >= 11 is 0. The Hall–Kier alpha value is -2.56. The van der Waals surface area contributed by atoms with Crippen LogP contribution in [0.15, 0.2) is 36.4 Å². The fourth-order valence-electron chi connectivity index (χ4n) is 3.20. The van der Waals surface area contributed by atoms with Crippen molar-refractivity contribution in [2.45, 2.75) is 45.8 Å². The second-order valence-corrected chi connectivity index (χ2v) is 6.67. The highest BCUT2D eigenvalue weighted by molar-refractivity contribution is 5.99. The third-order valence-corrected chi connectivity index (χ3v) is 4.72. The molecule has 1 fully saturated rings. The van der Waals surface area contributed by atoms with Crippen molar-refractivity contribution < 1.29 is 14.3 Å². The van der Waals surface area contributed by atoms with Crippen LogP contribution in [-0.2, 0) is 9.53 Å².